The van der Waals surface area contributed by atoms with Gasteiger partial charge in [-0.05, 0) is 112 Å². The number of likely N-dealkylation sites (tertiary alicyclic amines) is 1. The normalized spacial score (nSPS) is 26.2. The molecule has 8 atom stereocenters. The lowest BCUT2D eigenvalue weighted by Gasteiger charge is -2.43. The first kappa shape index (κ1) is 78.5. The molecule has 1 aromatic rings. The number of hydrogen-bond acceptors (Lipinski definition) is 12. The Hall–Kier alpha value is -7.50. The third-order valence-corrected chi connectivity index (χ3v) is 20.7. The van der Waals surface area contributed by atoms with Crippen LogP contribution in [0.15, 0.2) is 18.2 Å². The molecule has 0 bridgehead atoms. The van der Waals surface area contributed by atoms with Crippen molar-refractivity contribution < 1.29 is 70.7 Å². The molecule has 3 heterocycles. The number of alkyl halides is 3. The van der Waals surface area contributed by atoms with E-state index in [0.29, 0.717) is 64.5 Å². The zero-order valence-corrected chi connectivity index (χ0v) is 59.2. The summed E-state index contributed by atoms with van der Waals surface area (Å²) in [5, 5.41) is 8.02. The average molecular weight is 1380 g/mol. The highest BCUT2D eigenvalue weighted by Gasteiger charge is 2.51. The van der Waals surface area contributed by atoms with Gasteiger partial charge >= 0.3 is 6.18 Å². The molecule has 6 rings (SSSR count). The molecule has 0 aromatic heterocycles. The van der Waals surface area contributed by atoms with Crippen molar-refractivity contribution in [3.63, 3.8) is 0 Å². The number of halogens is 4. The lowest BCUT2D eigenvalue weighted by molar-refractivity contribution is -0.157. The summed E-state index contributed by atoms with van der Waals surface area (Å²) in [5.74, 6) is -6.96. The molecule has 1 unspecified atom stereocenters. The number of nitrogens with one attached hydrogen (secondary N) is 3. The van der Waals surface area contributed by atoms with E-state index in [-0.39, 0.29) is 63.0 Å². The van der Waals surface area contributed by atoms with Crippen molar-refractivity contribution in [3.8, 4) is 12.3 Å². The van der Waals surface area contributed by atoms with Gasteiger partial charge in [-0.15, -0.1) is 12.3 Å². The molecular weight excluding hydrogens is 1280 g/mol. The number of rotatable bonds is 10. The fourth-order valence-corrected chi connectivity index (χ4v) is 14.5. The van der Waals surface area contributed by atoms with E-state index in [9.17, 15) is 41.9 Å². The molecule has 97 heavy (non-hydrogen) atoms. The first-order chi connectivity index (χ1) is 45.7. The van der Waals surface area contributed by atoms with Crippen LogP contribution in [0.1, 0.15) is 161 Å². The van der Waals surface area contributed by atoms with Gasteiger partial charge in [0.15, 0.2) is 0 Å². The van der Waals surface area contributed by atoms with E-state index in [4.69, 9.17) is 18.0 Å². The van der Waals surface area contributed by atoms with E-state index >= 15 is 28.8 Å². The second kappa shape index (κ2) is 34.8. The molecule has 3 saturated heterocycles. The van der Waals surface area contributed by atoms with Crippen molar-refractivity contribution in [1.29, 1.82) is 0 Å². The number of aryl methyl sites for hydroxylation is 1. The standard InChI is InChI=1S/C69H102ClF3N12O12/c1-13-24-51-63(93)78(7)40-54(86)74-49(31-29-45-28-30-47(48(70)38-45)69(71,72)73)62(92)85-36-23-27-50(85)61(91)76-68(32-19-20-33-68)67(97)83(12)59(46-25-17-15-18-26-46)66(96)82(11)53(64(94)84-34-21-16-22-35-84)39-55(87)81(10)52(37-43(3)4)60(90)75-58(44(5)14-2)65(95)79(8)41-56(88)77(6)42-57(89)80(51)9/h1,28,30,38,43-44,46,49-53,58-59H,14-27,29,31-37,39-42H2,2-12H3,(H,74,86)(H,75,90)(H,76,91)/t44-,49-,50?,51-,52-,53-,58-,59-/m0/s1. The Morgan fingerprint density at radius 1 is 0.670 bits per heavy atom. The Labute approximate surface area is 574 Å². The van der Waals surface area contributed by atoms with Gasteiger partial charge in [-0.3, -0.25) is 57.5 Å². The Kier molecular flexibility index (Phi) is 28.2. The van der Waals surface area contributed by atoms with Crippen molar-refractivity contribution in [2.45, 2.75) is 210 Å². The van der Waals surface area contributed by atoms with E-state index in [2.05, 4.69) is 21.9 Å². The molecule has 3 aliphatic heterocycles. The maximum absolute atomic E-state index is 15.8. The van der Waals surface area contributed by atoms with Crippen LogP contribution in [0.3, 0.4) is 0 Å². The molecule has 538 valence electrons. The van der Waals surface area contributed by atoms with Crippen molar-refractivity contribution in [2.75, 3.05) is 88.6 Å². The summed E-state index contributed by atoms with van der Waals surface area (Å²) in [4.78, 5) is 188. The number of piperidine rings is 1. The van der Waals surface area contributed by atoms with E-state index in [1.807, 2.05) is 20.8 Å². The van der Waals surface area contributed by atoms with Gasteiger partial charge in [0.2, 0.25) is 70.9 Å². The molecule has 1 aromatic carbocycles. The number of fused-ring (bicyclic) bond motifs is 1. The summed E-state index contributed by atoms with van der Waals surface area (Å²) in [6.07, 6.45) is 7.68. The first-order valence-corrected chi connectivity index (χ1v) is 34.6. The lowest BCUT2D eigenvalue weighted by Crippen LogP contribution is -2.65. The second-order valence-electron chi connectivity index (χ2n) is 27.8. The van der Waals surface area contributed by atoms with Gasteiger partial charge in [0.25, 0.3) is 0 Å². The van der Waals surface area contributed by atoms with Crippen LogP contribution < -0.4 is 16.0 Å². The maximum atomic E-state index is 15.8. The molecule has 28 heteroatoms. The van der Waals surface area contributed by atoms with Crippen molar-refractivity contribution in [2.24, 2.45) is 17.8 Å². The fraction of sp³-hybridized carbons (Fsp3) is 0.710. The van der Waals surface area contributed by atoms with Crippen LogP contribution in [0.2, 0.25) is 5.02 Å². The van der Waals surface area contributed by atoms with Gasteiger partial charge in [-0.1, -0.05) is 83.9 Å². The summed E-state index contributed by atoms with van der Waals surface area (Å²) in [6.45, 7) is 6.15. The number of hydrogen-bond donors (Lipinski definition) is 3. The molecule has 2 aliphatic carbocycles. The van der Waals surface area contributed by atoms with Crippen LogP contribution in [0.4, 0.5) is 13.2 Å². The van der Waals surface area contributed by atoms with Crippen LogP contribution in [-0.2, 0) is 70.1 Å². The van der Waals surface area contributed by atoms with Crippen LogP contribution in [0.5, 0.6) is 0 Å². The van der Waals surface area contributed by atoms with Gasteiger partial charge in [-0.2, -0.15) is 13.2 Å². The summed E-state index contributed by atoms with van der Waals surface area (Å²) in [5.41, 5.74) is -2.39. The molecule has 5 fully saturated rings. The van der Waals surface area contributed by atoms with Gasteiger partial charge in [-0.25, -0.2) is 0 Å². The minimum absolute atomic E-state index is 0.0167. The number of carbonyl (C=O) groups is 12. The number of carbonyl (C=O) groups excluding carboxylic acids is 12. The van der Waals surface area contributed by atoms with Crippen molar-refractivity contribution >= 4 is 82.5 Å². The molecule has 3 N–H and O–H groups in total. The Bertz CT molecular complexity index is 3090. The number of benzene rings is 1. The van der Waals surface area contributed by atoms with Gasteiger partial charge in [0, 0.05) is 75.4 Å². The Morgan fingerprint density at radius 3 is 1.88 bits per heavy atom. The summed E-state index contributed by atoms with van der Waals surface area (Å²) in [6, 6.07) is -5.95. The maximum Gasteiger partial charge on any atom is 0.417 e. The van der Waals surface area contributed by atoms with Crippen LogP contribution >= 0.6 is 11.6 Å². The van der Waals surface area contributed by atoms with E-state index in [1.54, 1.807) is 11.8 Å². The highest BCUT2D eigenvalue weighted by molar-refractivity contribution is 6.31. The third-order valence-electron chi connectivity index (χ3n) is 20.4. The SMILES string of the molecule is C#CC[C@H]1C(=O)N(C)CC(=O)N[C@@H](CCc2ccc(C(F)(F)F)c(Cl)c2)C(=O)N2CCCC2C(=O)NC2(CCCC2)C(=O)N(C)[C@@H](C2CCCCC2)C(=O)N(C)[C@H](C(=O)N2CCCCC2)CC(=O)N(C)[C@@H](CC(C)C)C(=O)N[C@@H]([C@@H](C)CC)C(=O)N(C)CC(=O)N(C)CC(=O)N1C. The van der Waals surface area contributed by atoms with Crippen molar-refractivity contribution in [3.05, 3.63) is 34.3 Å². The number of nitrogens with zero attached hydrogens (tertiary/aromatic N) is 9. The molecule has 0 radical (unpaired) electrons. The van der Waals surface area contributed by atoms with E-state index in [1.165, 1.54) is 75.0 Å². The average Bonchev–Trinajstić information content (AvgIpc) is 1.76. The molecule has 24 nitrogen and oxygen atoms in total. The zero-order chi connectivity index (χ0) is 72.0. The minimum atomic E-state index is -4.77. The number of likely N-dealkylation sites (N-methyl/N-ethyl adjacent to an activating group) is 7. The molecular formula is C69H102ClF3N12O12. The van der Waals surface area contributed by atoms with Crippen molar-refractivity contribution in [1.82, 2.24) is 60.0 Å². The van der Waals surface area contributed by atoms with Gasteiger partial charge in [0.1, 0.15) is 47.8 Å². The first-order valence-electron chi connectivity index (χ1n) is 34.3. The lowest BCUT2D eigenvalue weighted by atomic mass is 9.81. The van der Waals surface area contributed by atoms with Crippen LogP contribution in [-0.4, -0.2) is 251 Å². The topological polar surface area (TPSA) is 270 Å². The highest BCUT2D eigenvalue weighted by Crippen LogP contribution is 2.38. The van der Waals surface area contributed by atoms with E-state index in [0.717, 1.165) is 57.4 Å². The number of terminal acetylenes is 1. The van der Waals surface area contributed by atoms with Gasteiger partial charge < -0.3 is 60.0 Å². The Morgan fingerprint density at radius 2 is 1.28 bits per heavy atom. The highest BCUT2D eigenvalue weighted by atomic mass is 35.5. The molecule has 1 spiro atoms. The quantitative estimate of drug-likeness (QED) is 0.274. The minimum Gasteiger partial charge on any atom is -0.343 e. The predicted molar refractivity (Wildman–Crippen MR) is 356 cm³/mol. The smallest absolute Gasteiger partial charge is 0.343 e. The Balaban J connectivity index is 1.43. The molecule has 2 saturated carbocycles. The largest absolute Gasteiger partial charge is 0.417 e. The predicted octanol–water partition coefficient (Wildman–Crippen LogP) is 4.48. The van der Waals surface area contributed by atoms with Crippen LogP contribution in [0, 0.1) is 30.1 Å². The summed E-state index contributed by atoms with van der Waals surface area (Å²) in [7, 11) is 9.61. The zero-order valence-electron chi connectivity index (χ0n) is 58.4. The molecule has 5 aliphatic rings. The second-order valence-corrected chi connectivity index (χ2v) is 28.2. The summed E-state index contributed by atoms with van der Waals surface area (Å²) >= 11 is 6.11. The number of amides is 12. The monoisotopic (exact) mass is 1380 g/mol. The van der Waals surface area contributed by atoms with E-state index < -0.39 is 173 Å². The van der Waals surface area contributed by atoms with Gasteiger partial charge in [0.05, 0.1) is 36.6 Å². The third kappa shape index (κ3) is 19.7. The summed E-state index contributed by atoms with van der Waals surface area (Å²) < 4.78 is 41.4. The van der Waals surface area contributed by atoms with Crippen LogP contribution in [0.25, 0.3) is 0 Å². The fourth-order valence-electron chi connectivity index (χ4n) is 14.2. The molecule has 12 amide bonds.